The Morgan fingerprint density at radius 2 is 2.14 bits per heavy atom. The lowest BCUT2D eigenvalue weighted by molar-refractivity contribution is 0.0578. The number of rotatable bonds is 3. The monoisotopic (exact) mass is 333 g/mol. The van der Waals surface area contributed by atoms with Crippen LogP contribution in [0.15, 0.2) is 4.90 Å². The number of halogens is 1. The third kappa shape index (κ3) is 3.23. The van der Waals surface area contributed by atoms with Gasteiger partial charge in [0.1, 0.15) is 4.90 Å². The Kier molecular flexibility index (Phi) is 4.63. The molecule has 118 valence electrons. The van der Waals surface area contributed by atoms with Gasteiger partial charge in [-0.2, -0.15) is 5.10 Å². The molecule has 2 unspecified atom stereocenters. The van der Waals surface area contributed by atoms with E-state index >= 15 is 0 Å². The number of aromatic amines is 1. The summed E-state index contributed by atoms with van der Waals surface area (Å²) in [5.41, 5.74) is 0.273. The summed E-state index contributed by atoms with van der Waals surface area (Å²) in [7, 11) is 1.46. The second-order valence-electron chi connectivity index (χ2n) is 5.65. The minimum Gasteiger partial charge on any atom is -0.334 e. The Morgan fingerprint density at radius 1 is 1.48 bits per heavy atom. The first-order valence-electron chi connectivity index (χ1n) is 7.08. The molecular formula is C13H20ClN3O3S. The SMILES string of the molecule is CCc1[nH]nc(C(=O)N2CCC(C)CC2C)c1S(=O)(=O)Cl. The molecule has 8 heteroatoms. The van der Waals surface area contributed by atoms with Crippen molar-refractivity contribution in [2.24, 2.45) is 5.92 Å². The van der Waals surface area contributed by atoms with E-state index in [1.165, 1.54) is 0 Å². The standard InChI is InChI=1S/C13H20ClN3O3S/c1-4-10-12(21(14,19)20)11(16-15-10)13(18)17-6-5-8(2)7-9(17)3/h8-9H,4-7H2,1-3H3,(H,15,16). The second kappa shape index (κ2) is 5.96. The number of carbonyl (C=O) groups is 1. The van der Waals surface area contributed by atoms with E-state index in [4.69, 9.17) is 10.7 Å². The molecule has 21 heavy (non-hydrogen) atoms. The summed E-state index contributed by atoms with van der Waals surface area (Å²) in [6.07, 6.45) is 2.22. The molecule has 1 aliphatic rings. The molecule has 2 rings (SSSR count). The first-order chi connectivity index (χ1) is 9.75. The number of nitrogens with one attached hydrogen (secondary N) is 1. The summed E-state index contributed by atoms with van der Waals surface area (Å²) >= 11 is 0. The number of likely N-dealkylation sites (tertiary alicyclic amines) is 1. The van der Waals surface area contributed by atoms with Crippen molar-refractivity contribution in [1.82, 2.24) is 15.1 Å². The van der Waals surface area contributed by atoms with Crippen LogP contribution < -0.4 is 0 Å². The van der Waals surface area contributed by atoms with Crippen LogP contribution >= 0.6 is 10.7 Å². The normalized spacial score (nSPS) is 23.3. The second-order valence-corrected chi connectivity index (χ2v) is 8.15. The first-order valence-corrected chi connectivity index (χ1v) is 9.39. The van der Waals surface area contributed by atoms with Gasteiger partial charge in [-0.3, -0.25) is 9.89 Å². The van der Waals surface area contributed by atoms with Crippen molar-refractivity contribution < 1.29 is 13.2 Å². The summed E-state index contributed by atoms with van der Waals surface area (Å²) in [4.78, 5) is 14.1. The Labute approximate surface area is 129 Å². The van der Waals surface area contributed by atoms with Gasteiger partial charge in [-0.05, 0) is 32.1 Å². The lowest BCUT2D eigenvalue weighted by Crippen LogP contribution is -2.44. The van der Waals surface area contributed by atoms with Crippen LogP contribution in [0.1, 0.15) is 49.8 Å². The van der Waals surface area contributed by atoms with Gasteiger partial charge in [0.05, 0.1) is 5.69 Å². The van der Waals surface area contributed by atoms with Crippen molar-refractivity contribution >= 4 is 25.6 Å². The number of aromatic nitrogens is 2. The predicted molar refractivity (Wildman–Crippen MR) is 79.9 cm³/mol. The van der Waals surface area contributed by atoms with Crippen molar-refractivity contribution in [3.8, 4) is 0 Å². The zero-order valence-electron chi connectivity index (χ0n) is 12.4. The van der Waals surface area contributed by atoms with Crippen LogP contribution in [0.25, 0.3) is 0 Å². The lowest BCUT2D eigenvalue weighted by Gasteiger charge is -2.36. The van der Waals surface area contributed by atoms with Gasteiger partial charge in [0.2, 0.25) is 0 Å². The molecule has 1 aromatic heterocycles. The molecule has 0 aromatic carbocycles. The molecular weight excluding hydrogens is 314 g/mol. The van der Waals surface area contributed by atoms with Gasteiger partial charge in [0, 0.05) is 23.3 Å². The van der Waals surface area contributed by atoms with E-state index in [9.17, 15) is 13.2 Å². The highest BCUT2D eigenvalue weighted by molar-refractivity contribution is 8.13. The van der Waals surface area contributed by atoms with E-state index in [0.29, 0.717) is 24.6 Å². The Bertz CT molecular complexity index is 641. The average Bonchev–Trinajstić information content (AvgIpc) is 2.81. The van der Waals surface area contributed by atoms with Crippen molar-refractivity contribution in [2.75, 3.05) is 6.54 Å². The molecule has 0 saturated carbocycles. The number of H-pyrrole nitrogens is 1. The summed E-state index contributed by atoms with van der Waals surface area (Å²) in [5.74, 6) is 0.190. The largest absolute Gasteiger partial charge is 0.334 e. The molecule has 1 N–H and O–H groups in total. The molecule has 1 aliphatic heterocycles. The molecule has 1 fully saturated rings. The van der Waals surface area contributed by atoms with Gasteiger partial charge in [-0.15, -0.1) is 0 Å². The van der Waals surface area contributed by atoms with Crippen LogP contribution in [0.3, 0.4) is 0 Å². The van der Waals surface area contributed by atoms with Crippen molar-refractivity contribution in [3.05, 3.63) is 11.4 Å². The van der Waals surface area contributed by atoms with Crippen molar-refractivity contribution in [2.45, 2.75) is 51.0 Å². The van der Waals surface area contributed by atoms with E-state index in [1.54, 1.807) is 11.8 Å². The Morgan fingerprint density at radius 3 is 2.67 bits per heavy atom. The molecule has 6 nitrogen and oxygen atoms in total. The summed E-state index contributed by atoms with van der Waals surface area (Å²) < 4.78 is 23.5. The highest BCUT2D eigenvalue weighted by Crippen LogP contribution is 2.28. The van der Waals surface area contributed by atoms with Crippen LogP contribution in [0.4, 0.5) is 0 Å². The first kappa shape index (κ1) is 16.3. The Hall–Kier alpha value is -1.08. The van der Waals surface area contributed by atoms with Gasteiger partial charge in [-0.25, -0.2) is 8.42 Å². The van der Waals surface area contributed by atoms with Gasteiger partial charge in [0.25, 0.3) is 15.0 Å². The van der Waals surface area contributed by atoms with Crippen molar-refractivity contribution in [1.29, 1.82) is 0 Å². The van der Waals surface area contributed by atoms with Crippen LogP contribution in [0.5, 0.6) is 0 Å². The zero-order chi connectivity index (χ0) is 15.8. The predicted octanol–water partition coefficient (Wildman–Crippen LogP) is 2.16. The average molecular weight is 334 g/mol. The molecule has 0 bridgehead atoms. The smallest absolute Gasteiger partial charge is 0.276 e. The number of carbonyl (C=O) groups excluding carboxylic acids is 1. The molecule has 0 radical (unpaired) electrons. The van der Waals surface area contributed by atoms with E-state index in [-0.39, 0.29) is 22.5 Å². The quantitative estimate of drug-likeness (QED) is 0.859. The molecule has 1 amide bonds. The van der Waals surface area contributed by atoms with E-state index in [2.05, 4.69) is 17.1 Å². The van der Waals surface area contributed by atoms with E-state index < -0.39 is 9.05 Å². The fraction of sp³-hybridized carbons (Fsp3) is 0.692. The van der Waals surface area contributed by atoms with Gasteiger partial charge >= 0.3 is 0 Å². The van der Waals surface area contributed by atoms with E-state index in [0.717, 1.165) is 12.8 Å². The van der Waals surface area contributed by atoms with Crippen LogP contribution in [-0.4, -0.2) is 42.0 Å². The number of hydrogen-bond donors (Lipinski definition) is 1. The van der Waals surface area contributed by atoms with Crippen LogP contribution in [0, 0.1) is 5.92 Å². The summed E-state index contributed by atoms with van der Waals surface area (Å²) in [6.45, 7) is 6.50. The van der Waals surface area contributed by atoms with Crippen LogP contribution in [-0.2, 0) is 15.5 Å². The molecule has 2 atom stereocenters. The van der Waals surface area contributed by atoms with Gasteiger partial charge < -0.3 is 4.90 Å². The van der Waals surface area contributed by atoms with Gasteiger partial charge in [0.15, 0.2) is 5.69 Å². The molecule has 0 aliphatic carbocycles. The maximum absolute atomic E-state index is 12.6. The van der Waals surface area contributed by atoms with E-state index in [1.807, 2.05) is 6.92 Å². The molecule has 1 aromatic rings. The number of amides is 1. The zero-order valence-corrected chi connectivity index (χ0v) is 14.0. The number of piperidine rings is 1. The maximum atomic E-state index is 12.6. The number of aryl methyl sites for hydroxylation is 1. The summed E-state index contributed by atoms with van der Waals surface area (Å²) in [6, 6.07) is 0.0638. The minimum absolute atomic E-state index is 0.0638. The summed E-state index contributed by atoms with van der Waals surface area (Å²) in [5, 5.41) is 6.52. The Balaban J connectivity index is 2.38. The number of hydrogen-bond acceptors (Lipinski definition) is 4. The fourth-order valence-corrected chi connectivity index (χ4v) is 4.21. The van der Waals surface area contributed by atoms with Crippen molar-refractivity contribution in [3.63, 3.8) is 0 Å². The highest BCUT2D eigenvalue weighted by Gasteiger charge is 2.34. The maximum Gasteiger partial charge on any atom is 0.276 e. The highest BCUT2D eigenvalue weighted by atomic mass is 35.7. The molecule has 2 heterocycles. The molecule has 0 spiro atoms. The third-order valence-electron chi connectivity index (χ3n) is 3.99. The van der Waals surface area contributed by atoms with Gasteiger partial charge in [-0.1, -0.05) is 13.8 Å². The minimum atomic E-state index is -4.01. The topological polar surface area (TPSA) is 83.1 Å². The fourth-order valence-electron chi connectivity index (χ4n) is 2.86. The third-order valence-corrected chi connectivity index (χ3v) is 5.38. The van der Waals surface area contributed by atoms with Crippen LogP contribution in [0.2, 0.25) is 0 Å². The number of nitrogens with zero attached hydrogens (tertiary/aromatic N) is 2. The molecule has 1 saturated heterocycles. The lowest BCUT2D eigenvalue weighted by atomic mass is 9.93.